The molecule has 1 aromatic carbocycles. The molecule has 0 bridgehead atoms. The average Bonchev–Trinajstić information content (AvgIpc) is 2.99. The van der Waals surface area contributed by atoms with Gasteiger partial charge in [0, 0.05) is 26.1 Å². The smallest absolute Gasteiger partial charge is 0.317 e. The van der Waals surface area contributed by atoms with Gasteiger partial charge in [-0.3, -0.25) is 5.10 Å². The second-order valence-corrected chi connectivity index (χ2v) is 6.62. The van der Waals surface area contributed by atoms with E-state index < -0.39 is 0 Å². The Kier molecular flexibility index (Phi) is 5.13. The van der Waals surface area contributed by atoms with Crippen molar-refractivity contribution in [1.29, 1.82) is 0 Å². The average molecular weight is 327 g/mol. The highest BCUT2D eigenvalue weighted by Gasteiger charge is 2.23. The normalized spacial score (nSPS) is 15.5. The van der Waals surface area contributed by atoms with E-state index in [-0.39, 0.29) is 6.03 Å². The molecule has 0 unspecified atom stereocenters. The Hall–Kier alpha value is -2.37. The first-order chi connectivity index (χ1) is 11.6. The van der Waals surface area contributed by atoms with Crippen LogP contribution < -0.4 is 5.32 Å². The molecule has 1 aromatic heterocycles. The van der Waals surface area contributed by atoms with Gasteiger partial charge in [-0.1, -0.05) is 29.8 Å². The number of hydrogen-bond donors (Lipinski definition) is 2. The summed E-state index contributed by atoms with van der Waals surface area (Å²) >= 11 is 0. The number of nitrogens with zero attached hydrogens (tertiary/aromatic N) is 3. The zero-order valence-electron chi connectivity index (χ0n) is 14.4. The third-order valence-electron chi connectivity index (χ3n) is 4.58. The first-order valence-electron chi connectivity index (χ1n) is 8.56. The standard InChI is InChI=1S/C18H25N5O/c1-13-3-5-16(6-4-13)12-19-18(24)23-9-7-15(8-10-23)11-17-20-14(2)21-22-17/h3-6,15H,7-12H2,1-2H3,(H,19,24)(H,20,21,22). The van der Waals surface area contributed by atoms with E-state index in [1.165, 1.54) is 5.56 Å². The quantitative estimate of drug-likeness (QED) is 0.906. The molecule has 1 aliphatic rings. The van der Waals surface area contributed by atoms with Crippen LogP contribution in [-0.2, 0) is 13.0 Å². The van der Waals surface area contributed by atoms with Gasteiger partial charge in [-0.25, -0.2) is 9.78 Å². The summed E-state index contributed by atoms with van der Waals surface area (Å²) in [7, 11) is 0. The number of carbonyl (C=O) groups excluding carboxylic acids is 1. The molecule has 1 saturated heterocycles. The fraction of sp³-hybridized carbons (Fsp3) is 0.500. The van der Waals surface area contributed by atoms with Crippen LogP contribution in [0.4, 0.5) is 4.79 Å². The van der Waals surface area contributed by atoms with Gasteiger partial charge in [0.15, 0.2) is 5.82 Å². The Labute approximate surface area is 142 Å². The van der Waals surface area contributed by atoms with Gasteiger partial charge in [-0.15, -0.1) is 0 Å². The summed E-state index contributed by atoms with van der Waals surface area (Å²) in [6.45, 7) is 6.15. The van der Waals surface area contributed by atoms with Crippen LogP contribution in [-0.4, -0.2) is 39.2 Å². The van der Waals surface area contributed by atoms with Crippen molar-refractivity contribution < 1.29 is 4.79 Å². The lowest BCUT2D eigenvalue weighted by Gasteiger charge is -2.31. The summed E-state index contributed by atoms with van der Waals surface area (Å²) in [5.41, 5.74) is 2.36. The summed E-state index contributed by atoms with van der Waals surface area (Å²) in [6.07, 6.45) is 2.90. The minimum absolute atomic E-state index is 0.0303. The first-order valence-corrected chi connectivity index (χ1v) is 8.56. The molecule has 2 amide bonds. The number of urea groups is 1. The molecular formula is C18H25N5O. The maximum absolute atomic E-state index is 12.3. The van der Waals surface area contributed by atoms with Crippen LogP contribution in [0.25, 0.3) is 0 Å². The van der Waals surface area contributed by atoms with Gasteiger partial charge in [-0.05, 0) is 38.2 Å². The number of aromatic amines is 1. The number of rotatable bonds is 4. The summed E-state index contributed by atoms with van der Waals surface area (Å²) in [6, 6.07) is 8.28. The Morgan fingerprint density at radius 3 is 2.58 bits per heavy atom. The van der Waals surface area contributed by atoms with E-state index in [9.17, 15) is 4.79 Å². The maximum atomic E-state index is 12.3. The van der Waals surface area contributed by atoms with Crippen LogP contribution in [0, 0.1) is 19.8 Å². The Morgan fingerprint density at radius 1 is 1.25 bits per heavy atom. The number of aromatic nitrogens is 3. The fourth-order valence-electron chi connectivity index (χ4n) is 3.07. The molecule has 2 N–H and O–H groups in total. The number of amides is 2. The van der Waals surface area contributed by atoms with E-state index in [1.54, 1.807) is 0 Å². The minimum Gasteiger partial charge on any atom is -0.334 e. The van der Waals surface area contributed by atoms with E-state index in [1.807, 2.05) is 11.8 Å². The predicted molar refractivity (Wildman–Crippen MR) is 92.5 cm³/mol. The second-order valence-electron chi connectivity index (χ2n) is 6.62. The molecule has 128 valence electrons. The maximum Gasteiger partial charge on any atom is 0.317 e. The number of benzene rings is 1. The van der Waals surface area contributed by atoms with Crippen molar-refractivity contribution >= 4 is 6.03 Å². The molecular weight excluding hydrogens is 302 g/mol. The molecule has 2 heterocycles. The second kappa shape index (κ2) is 7.47. The van der Waals surface area contributed by atoms with Gasteiger partial charge in [0.05, 0.1) is 0 Å². The van der Waals surface area contributed by atoms with Gasteiger partial charge in [0.1, 0.15) is 5.82 Å². The Morgan fingerprint density at radius 2 is 1.96 bits per heavy atom. The van der Waals surface area contributed by atoms with E-state index in [0.29, 0.717) is 12.5 Å². The van der Waals surface area contributed by atoms with Crippen LogP contribution in [0.15, 0.2) is 24.3 Å². The number of likely N-dealkylation sites (tertiary alicyclic amines) is 1. The lowest BCUT2D eigenvalue weighted by Crippen LogP contribution is -2.44. The number of carbonyl (C=O) groups is 1. The molecule has 6 heteroatoms. The number of piperidine rings is 1. The van der Waals surface area contributed by atoms with Gasteiger partial charge < -0.3 is 10.2 Å². The van der Waals surface area contributed by atoms with Crippen LogP contribution in [0.3, 0.4) is 0 Å². The van der Waals surface area contributed by atoms with Crippen molar-refractivity contribution in [3.05, 3.63) is 47.0 Å². The van der Waals surface area contributed by atoms with Crippen molar-refractivity contribution in [2.45, 2.75) is 39.7 Å². The highest BCUT2D eigenvalue weighted by Crippen LogP contribution is 2.20. The number of hydrogen-bond acceptors (Lipinski definition) is 3. The van der Waals surface area contributed by atoms with Gasteiger partial charge in [0.25, 0.3) is 0 Å². The first kappa shape index (κ1) is 16.5. The van der Waals surface area contributed by atoms with Gasteiger partial charge >= 0.3 is 6.03 Å². The Balaban J connectivity index is 1.42. The molecule has 24 heavy (non-hydrogen) atoms. The monoisotopic (exact) mass is 327 g/mol. The minimum atomic E-state index is 0.0303. The van der Waals surface area contributed by atoms with E-state index >= 15 is 0 Å². The molecule has 0 radical (unpaired) electrons. The van der Waals surface area contributed by atoms with Crippen molar-refractivity contribution in [3.8, 4) is 0 Å². The molecule has 3 rings (SSSR count). The number of nitrogens with one attached hydrogen (secondary N) is 2. The van der Waals surface area contributed by atoms with Crippen molar-refractivity contribution in [2.75, 3.05) is 13.1 Å². The number of H-pyrrole nitrogens is 1. The Bertz CT molecular complexity index is 671. The summed E-state index contributed by atoms with van der Waals surface area (Å²) in [5, 5.41) is 10.1. The highest BCUT2D eigenvalue weighted by molar-refractivity contribution is 5.74. The lowest BCUT2D eigenvalue weighted by atomic mass is 9.93. The third-order valence-corrected chi connectivity index (χ3v) is 4.58. The largest absolute Gasteiger partial charge is 0.334 e. The number of aryl methyl sites for hydroxylation is 2. The van der Waals surface area contributed by atoms with Crippen LogP contribution in [0.1, 0.15) is 35.6 Å². The molecule has 0 saturated carbocycles. The zero-order valence-corrected chi connectivity index (χ0v) is 14.4. The molecule has 1 aliphatic heterocycles. The topological polar surface area (TPSA) is 73.9 Å². The summed E-state index contributed by atoms with van der Waals surface area (Å²) in [5.74, 6) is 2.30. The van der Waals surface area contributed by atoms with Gasteiger partial charge in [-0.2, -0.15) is 5.10 Å². The van der Waals surface area contributed by atoms with Crippen LogP contribution in [0.2, 0.25) is 0 Å². The third kappa shape index (κ3) is 4.34. The van der Waals surface area contributed by atoms with E-state index in [4.69, 9.17) is 0 Å². The van der Waals surface area contributed by atoms with Crippen LogP contribution in [0.5, 0.6) is 0 Å². The van der Waals surface area contributed by atoms with Crippen molar-refractivity contribution in [3.63, 3.8) is 0 Å². The van der Waals surface area contributed by atoms with Crippen LogP contribution >= 0.6 is 0 Å². The molecule has 1 fully saturated rings. The van der Waals surface area contributed by atoms with Crippen molar-refractivity contribution in [2.24, 2.45) is 5.92 Å². The molecule has 2 aromatic rings. The molecule has 6 nitrogen and oxygen atoms in total. The lowest BCUT2D eigenvalue weighted by molar-refractivity contribution is 0.169. The van der Waals surface area contributed by atoms with E-state index in [2.05, 4.69) is 51.7 Å². The molecule has 0 atom stereocenters. The summed E-state index contributed by atoms with van der Waals surface area (Å²) in [4.78, 5) is 18.6. The van der Waals surface area contributed by atoms with Gasteiger partial charge in [0.2, 0.25) is 0 Å². The SMILES string of the molecule is Cc1ccc(CNC(=O)N2CCC(Cc3n[nH]c(C)n3)CC2)cc1. The molecule has 0 spiro atoms. The summed E-state index contributed by atoms with van der Waals surface area (Å²) < 4.78 is 0. The van der Waals surface area contributed by atoms with E-state index in [0.717, 1.165) is 49.6 Å². The highest BCUT2D eigenvalue weighted by atomic mass is 16.2. The zero-order chi connectivity index (χ0) is 16.9. The predicted octanol–water partition coefficient (Wildman–Crippen LogP) is 2.59. The van der Waals surface area contributed by atoms with Crippen molar-refractivity contribution in [1.82, 2.24) is 25.4 Å². The fourth-order valence-corrected chi connectivity index (χ4v) is 3.07. The molecule has 0 aliphatic carbocycles.